The molecule has 1 amide bonds. The van der Waals surface area contributed by atoms with Crippen molar-refractivity contribution < 1.29 is 19.1 Å². The lowest BCUT2D eigenvalue weighted by atomic mass is 9.78. The smallest absolute Gasteiger partial charge is 0.331 e. The Morgan fingerprint density at radius 2 is 2.08 bits per heavy atom. The zero-order chi connectivity index (χ0) is 18.2. The summed E-state index contributed by atoms with van der Waals surface area (Å²) in [7, 11) is 1.59. The molecule has 1 saturated carbocycles. The second kappa shape index (κ2) is 9.25. The minimum absolute atomic E-state index is 0.169. The number of nitrogens with one attached hydrogen (secondary N) is 1. The van der Waals surface area contributed by atoms with Gasteiger partial charge in [-0.3, -0.25) is 4.79 Å². The molecular weight excluding hydrogens is 318 g/mol. The summed E-state index contributed by atoms with van der Waals surface area (Å²) in [4.78, 5) is 23.8. The zero-order valence-electron chi connectivity index (χ0n) is 15.2. The molecule has 5 nitrogen and oxygen atoms in total. The number of methoxy groups -OCH3 is 1. The highest BCUT2D eigenvalue weighted by Gasteiger charge is 2.28. The molecule has 1 aromatic carbocycles. The van der Waals surface area contributed by atoms with E-state index in [-0.39, 0.29) is 18.6 Å². The molecule has 136 valence electrons. The first-order chi connectivity index (χ1) is 12.0. The Kier molecular flexibility index (Phi) is 7.04. The van der Waals surface area contributed by atoms with Crippen molar-refractivity contribution in [2.75, 3.05) is 13.7 Å². The molecule has 25 heavy (non-hydrogen) atoms. The summed E-state index contributed by atoms with van der Waals surface area (Å²) >= 11 is 0. The first-order valence-electron chi connectivity index (χ1n) is 8.78. The van der Waals surface area contributed by atoms with Crippen LogP contribution in [0.1, 0.15) is 38.7 Å². The van der Waals surface area contributed by atoms with E-state index in [0.29, 0.717) is 17.6 Å². The van der Waals surface area contributed by atoms with Gasteiger partial charge in [0.05, 0.1) is 7.11 Å². The van der Waals surface area contributed by atoms with Crippen molar-refractivity contribution in [2.24, 2.45) is 11.8 Å². The SMILES string of the molecule is COc1cccc(C=CC(=O)OCC(=O)NC2CCCC(C)C2C)c1. The van der Waals surface area contributed by atoms with Gasteiger partial charge < -0.3 is 14.8 Å². The molecule has 1 aliphatic rings. The average molecular weight is 345 g/mol. The van der Waals surface area contributed by atoms with E-state index in [1.165, 1.54) is 12.5 Å². The van der Waals surface area contributed by atoms with E-state index in [4.69, 9.17) is 9.47 Å². The fourth-order valence-electron chi connectivity index (χ4n) is 3.13. The molecule has 0 heterocycles. The van der Waals surface area contributed by atoms with Crippen LogP contribution in [0.15, 0.2) is 30.3 Å². The Hall–Kier alpha value is -2.30. The van der Waals surface area contributed by atoms with Crippen LogP contribution in [0.2, 0.25) is 0 Å². The molecule has 3 atom stereocenters. The molecule has 0 saturated heterocycles. The van der Waals surface area contributed by atoms with E-state index in [1.54, 1.807) is 13.2 Å². The van der Waals surface area contributed by atoms with Crippen LogP contribution in [-0.4, -0.2) is 31.6 Å². The molecule has 2 rings (SSSR count). The van der Waals surface area contributed by atoms with Crippen LogP contribution in [0.25, 0.3) is 6.08 Å². The largest absolute Gasteiger partial charge is 0.497 e. The second-order valence-corrected chi connectivity index (χ2v) is 6.66. The summed E-state index contributed by atoms with van der Waals surface area (Å²) in [6.07, 6.45) is 6.26. The topological polar surface area (TPSA) is 64.6 Å². The lowest BCUT2D eigenvalue weighted by molar-refractivity contribution is -0.144. The maximum Gasteiger partial charge on any atom is 0.331 e. The van der Waals surface area contributed by atoms with Crippen LogP contribution in [0.4, 0.5) is 0 Å². The summed E-state index contributed by atoms with van der Waals surface area (Å²) in [5.74, 6) is 0.983. The third kappa shape index (κ3) is 5.93. The van der Waals surface area contributed by atoms with E-state index in [0.717, 1.165) is 18.4 Å². The van der Waals surface area contributed by atoms with Gasteiger partial charge in [-0.2, -0.15) is 0 Å². The third-order valence-electron chi connectivity index (χ3n) is 4.90. The molecule has 1 aromatic rings. The van der Waals surface area contributed by atoms with Crippen LogP contribution in [0, 0.1) is 11.8 Å². The number of hydrogen-bond donors (Lipinski definition) is 1. The van der Waals surface area contributed by atoms with E-state index in [2.05, 4.69) is 19.2 Å². The minimum Gasteiger partial charge on any atom is -0.497 e. The molecule has 0 aromatic heterocycles. The fraction of sp³-hybridized carbons (Fsp3) is 0.500. The lowest BCUT2D eigenvalue weighted by Gasteiger charge is -2.34. The summed E-state index contributed by atoms with van der Waals surface area (Å²) in [6, 6.07) is 7.49. The first kappa shape index (κ1) is 19.0. The van der Waals surface area contributed by atoms with Crippen molar-refractivity contribution in [1.29, 1.82) is 0 Å². The number of esters is 1. The number of hydrogen-bond acceptors (Lipinski definition) is 4. The van der Waals surface area contributed by atoms with Gasteiger partial charge in [0.2, 0.25) is 0 Å². The monoisotopic (exact) mass is 345 g/mol. The average Bonchev–Trinajstić information content (AvgIpc) is 2.62. The van der Waals surface area contributed by atoms with Crippen molar-refractivity contribution in [3.8, 4) is 5.75 Å². The fourth-order valence-corrected chi connectivity index (χ4v) is 3.13. The van der Waals surface area contributed by atoms with Crippen LogP contribution < -0.4 is 10.1 Å². The maximum absolute atomic E-state index is 12.0. The number of carbonyl (C=O) groups excluding carboxylic acids is 2. The Labute approximate surface area is 149 Å². The minimum atomic E-state index is -0.539. The Balaban J connectivity index is 1.77. The standard InChI is InChI=1S/C20H27NO4/c1-14-6-4-9-18(15(14)2)21-19(22)13-25-20(23)11-10-16-7-5-8-17(12-16)24-3/h5,7-8,10-12,14-15,18H,4,6,9,13H2,1-3H3,(H,21,22). The van der Waals surface area contributed by atoms with Crippen LogP contribution in [0.3, 0.4) is 0 Å². The molecule has 3 unspecified atom stereocenters. The number of rotatable bonds is 6. The molecule has 0 spiro atoms. The molecule has 0 aliphatic heterocycles. The van der Waals surface area contributed by atoms with Gasteiger partial charge in [0, 0.05) is 12.1 Å². The number of benzene rings is 1. The van der Waals surface area contributed by atoms with Gasteiger partial charge in [0.25, 0.3) is 5.91 Å². The van der Waals surface area contributed by atoms with E-state index < -0.39 is 5.97 Å². The molecular formula is C20H27NO4. The van der Waals surface area contributed by atoms with E-state index >= 15 is 0 Å². The summed E-state index contributed by atoms with van der Waals surface area (Å²) in [5.41, 5.74) is 0.825. The van der Waals surface area contributed by atoms with Crippen LogP contribution in [-0.2, 0) is 14.3 Å². The van der Waals surface area contributed by atoms with Crippen molar-refractivity contribution >= 4 is 18.0 Å². The van der Waals surface area contributed by atoms with E-state index in [1.807, 2.05) is 24.3 Å². The lowest BCUT2D eigenvalue weighted by Crippen LogP contribution is -2.45. The highest BCUT2D eigenvalue weighted by molar-refractivity contribution is 5.89. The molecule has 0 bridgehead atoms. The van der Waals surface area contributed by atoms with Crippen LogP contribution >= 0.6 is 0 Å². The van der Waals surface area contributed by atoms with Gasteiger partial charge in [0.15, 0.2) is 6.61 Å². The number of carbonyl (C=O) groups is 2. The van der Waals surface area contributed by atoms with Gasteiger partial charge >= 0.3 is 5.97 Å². The quantitative estimate of drug-likeness (QED) is 0.635. The zero-order valence-corrected chi connectivity index (χ0v) is 15.2. The van der Waals surface area contributed by atoms with Gasteiger partial charge in [-0.1, -0.05) is 38.8 Å². The first-order valence-corrected chi connectivity index (χ1v) is 8.78. The predicted octanol–water partition coefficient (Wildman–Crippen LogP) is 3.19. The van der Waals surface area contributed by atoms with Crippen molar-refractivity contribution in [2.45, 2.75) is 39.2 Å². The Bertz CT molecular complexity index is 626. The summed E-state index contributed by atoms with van der Waals surface area (Å²) < 4.78 is 10.1. The van der Waals surface area contributed by atoms with Gasteiger partial charge in [-0.05, 0) is 42.0 Å². The van der Waals surface area contributed by atoms with Crippen molar-refractivity contribution in [1.82, 2.24) is 5.32 Å². The second-order valence-electron chi connectivity index (χ2n) is 6.66. The molecule has 5 heteroatoms. The molecule has 1 aliphatic carbocycles. The Morgan fingerprint density at radius 1 is 1.28 bits per heavy atom. The highest BCUT2D eigenvalue weighted by atomic mass is 16.5. The van der Waals surface area contributed by atoms with Crippen molar-refractivity contribution in [3.05, 3.63) is 35.9 Å². The molecule has 1 fully saturated rings. The normalized spacial score (nSPS) is 23.2. The summed E-state index contributed by atoms with van der Waals surface area (Å²) in [5, 5.41) is 2.99. The molecule has 1 N–H and O–H groups in total. The number of amides is 1. The highest BCUT2D eigenvalue weighted by Crippen LogP contribution is 2.29. The van der Waals surface area contributed by atoms with E-state index in [9.17, 15) is 9.59 Å². The Morgan fingerprint density at radius 3 is 2.84 bits per heavy atom. The van der Waals surface area contributed by atoms with Gasteiger partial charge in [-0.15, -0.1) is 0 Å². The summed E-state index contributed by atoms with van der Waals surface area (Å²) in [6.45, 7) is 4.13. The van der Waals surface area contributed by atoms with Crippen LogP contribution in [0.5, 0.6) is 5.75 Å². The predicted molar refractivity (Wildman–Crippen MR) is 97.1 cm³/mol. The van der Waals surface area contributed by atoms with Crippen molar-refractivity contribution in [3.63, 3.8) is 0 Å². The third-order valence-corrected chi connectivity index (χ3v) is 4.90. The maximum atomic E-state index is 12.0. The number of ether oxygens (including phenoxy) is 2. The van der Waals surface area contributed by atoms with Gasteiger partial charge in [0.1, 0.15) is 5.75 Å². The van der Waals surface area contributed by atoms with Gasteiger partial charge in [-0.25, -0.2) is 4.79 Å². The molecule has 0 radical (unpaired) electrons.